The van der Waals surface area contributed by atoms with E-state index in [-0.39, 0.29) is 51.7 Å². The zero-order valence-corrected chi connectivity index (χ0v) is 23.7. The molecule has 2 saturated heterocycles. The van der Waals surface area contributed by atoms with Gasteiger partial charge in [0.25, 0.3) is 0 Å². The Morgan fingerprint density at radius 3 is 2.83 bits per heavy atom. The number of rotatable bonds is 6. The summed E-state index contributed by atoms with van der Waals surface area (Å²) in [4.78, 5) is 24.9. The summed E-state index contributed by atoms with van der Waals surface area (Å²) in [7, 11) is 0. The zero-order valence-electron chi connectivity index (χ0n) is 23.7. The Morgan fingerprint density at radius 1 is 1.24 bits per heavy atom. The van der Waals surface area contributed by atoms with Crippen LogP contribution in [-0.2, 0) is 0 Å². The van der Waals surface area contributed by atoms with Gasteiger partial charge in [-0.15, -0.1) is 0 Å². The van der Waals surface area contributed by atoms with Gasteiger partial charge in [0.1, 0.15) is 41.3 Å². The highest BCUT2D eigenvalue weighted by Gasteiger charge is 2.49. The summed E-state index contributed by atoms with van der Waals surface area (Å²) < 4.78 is 41.4. The van der Waals surface area contributed by atoms with Crippen LogP contribution in [0.2, 0.25) is 0 Å². The zero-order chi connectivity index (χ0) is 29.1. The van der Waals surface area contributed by atoms with Gasteiger partial charge >= 0.3 is 11.6 Å². The van der Waals surface area contributed by atoms with E-state index in [1.165, 1.54) is 18.2 Å². The van der Waals surface area contributed by atoms with Gasteiger partial charge in [-0.25, -0.2) is 13.6 Å². The molecule has 2 aliphatic rings. The fourth-order valence-electron chi connectivity index (χ4n) is 6.22. The maximum Gasteiger partial charge on any atom is 0.349 e. The Bertz CT molecular complexity index is 1720. The van der Waals surface area contributed by atoms with Gasteiger partial charge in [-0.2, -0.15) is 9.97 Å². The van der Waals surface area contributed by atoms with Crippen molar-refractivity contribution in [1.29, 1.82) is 0 Å². The Morgan fingerprint density at radius 2 is 2.05 bits per heavy atom. The van der Waals surface area contributed by atoms with Gasteiger partial charge in [0.2, 0.25) is 0 Å². The van der Waals surface area contributed by atoms with Crippen LogP contribution in [0.3, 0.4) is 0 Å². The van der Waals surface area contributed by atoms with E-state index in [4.69, 9.17) is 9.15 Å². The molecular weight excluding hydrogens is 530 g/mol. The highest BCUT2D eigenvalue weighted by atomic mass is 19.1. The standard InChI is InChI=1S/C31H34F2N4O4/c1-17-25-24(28(39)41-26(17)21-12-20(38)11-18-7-5-8-22(33)23(18)21)27(34-15-30(2,3)4)36-29(35-25)40-16-31-9-6-10-37(31)14-19(32)13-31/h5,7-8,11-12,19,38H,6,9-10,13-16H2,1-4H3,(H,34,35,36)/t19-,31+/m1/s1. The molecule has 0 bridgehead atoms. The number of phenols is 1. The highest BCUT2D eigenvalue weighted by molar-refractivity contribution is 6.00. The van der Waals surface area contributed by atoms with Crippen molar-refractivity contribution in [1.82, 2.24) is 14.9 Å². The number of benzene rings is 2. The SMILES string of the molecule is Cc1c(-c2cc(O)cc3cccc(F)c23)oc(=O)c2c(NCC(C)(C)C)nc(OC[C@@]34CCCN3C[C@H](F)C4)nc12. The topological polar surface area (TPSA) is 101 Å². The van der Waals surface area contributed by atoms with Gasteiger partial charge < -0.3 is 19.6 Å². The van der Waals surface area contributed by atoms with Gasteiger partial charge in [-0.05, 0) is 55.3 Å². The Kier molecular flexibility index (Phi) is 6.64. The quantitative estimate of drug-likeness (QED) is 0.296. The van der Waals surface area contributed by atoms with Crippen LogP contribution in [-0.4, -0.2) is 57.9 Å². The molecule has 0 spiro atoms. The minimum Gasteiger partial charge on any atom is -0.508 e. The van der Waals surface area contributed by atoms with Gasteiger partial charge in [-0.1, -0.05) is 32.9 Å². The molecule has 4 heterocycles. The summed E-state index contributed by atoms with van der Waals surface area (Å²) >= 11 is 0. The van der Waals surface area contributed by atoms with E-state index in [0.717, 1.165) is 19.4 Å². The average Bonchev–Trinajstić information content (AvgIpc) is 3.42. The first-order valence-corrected chi connectivity index (χ1v) is 14.0. The van der Waals surface area contributed by atoms with Crippen molar-refractivity contribution in [3.05, 3.63) is 52.1 Å². The minimum atomic E-state index is -0.896. The van der Waals surface area contributed by atoms with E-state index in [2.05, 4.69) is 41.0 Å². The third kappa shape index (κ3) is 4.98. The molecule has 2 atom stereocenters. The third-order valence-corrected chi connectivity index (χ3v) is 8.16. The van der Waals surface area contributed by atoms with Gasteiger partial charge in [0, 0.05) is 36.0 Å². The van der Waals surface area contributed by atoms with E-state index in [1.54, 1.807) is 19.1 Å². The normalized spacial score (nSPS) is 21.1. The lowest BCUT2D eigenvalue weighted by Gasteiger charge is -2.30. The molecule has 2 N–H and O–H groups in total. The van der Waals surface area contributed by atoms with Crippen molar-refractivity contribution < 1.29 is 23.0 Å². The van der Waals surface area contributed by atoms with Crippen molar-refractivity contribution >= 4 is 27.5 Å². The van der Waals surface area contributed by atoms with E-state index in [1.807, 2.05) is 0 Å². The predicted octanol–water partition coefficient (Wildman–Crippen LogP) is 5.97. The van der Waals surface area contributed by atoms with Gasteiger partial charge in [-0.3, -0.25) is 4.90 Å². The van der Waals surface area contributed by atoms with E-state index >= 15 is 4.39 Å². The highest BCUT2D eigenvalue weighted by Crippen LogP contribution is 2.41. The van der Waals surface area contributed by atoms with Crippen LogP contribution in [0.15, 0.2) is 39.5 Å². The van der Waals surface area contributed by atoms with Crippen LogP contribution in [0.4, 0.5) is 14.6 Å². The molecule has 216 valence electrons. The number of aromatic hydroxyl groups is 1. The number of aryl methyl sites for hydroxylation is 1. The first-order chi connectivity index (χ1) is 19.4. The molecule has 2 fully saturated rings. The number of halogens is 2. The molecule has 6 rings (SSSR count). The summed E-state index contributed by atoms with van der Waals surface area (Å²) in [5.41, 5.74) is -0.236. The van der Waals surface area contributed by atoms with E-state index in [0.29, 0.717) is 36.0 Å². The number of hydrogen-bond donors (Lipinski definition) is 2. The number of nitrogens with zero attached hydrogens (tertiary/aromatic N) is 3. The molecule has 0 aliphatic carbocycles. The number of nitrogens with one attached hydrogen (secondary N) is 1. The molecule has 0 radical (unpaired) electrons. The second-order valence-electron chi connectivity index (χ2n) is 12.5. The number of alkyl halides is 1. The molecule has 0 saturated carbocycles. The molecule has 2 aliphatic heterocycles. The monoisotopic (exact) mass is 564 g/mol. The van der Waals surface area contributed by atoms with Gasteiger partial charge in [0.05, 0.1) is 11.1 Å². The maximum atomic E-state index is 15.0. The van der Waals surface area contributed by atoms with Crippen molar-refractivity contribution in [2.45, 2.75) is 58.7 Å². The number of phenolic OH excluding ortho intramolecular Hbond substituents is 1. The summed E-state index contributed by atoms with van der Waals surface area (Å²) in [6.45, 7) is 9.84. The van der Waals surface area contributed by atoms with E-state index < -0.39 is 23.2 Å². The van der Waals surface area contributed by atoms with Crippen LogP contribution < -0.4 is 15.7 Å². The summed E-state index contributed by atoms with van der Waals surface area (Å²) in [6.07, 6.45) is 1.32. The molecule has 4 aromatic rings. The number of hydrogen-bond acceptors (Lipinski definition) is 8. The number of aromatic nitrogens is 2. The molecule has 10 heteroatoms. The van der Waals surface area contributed by atoms with Crippen LogP contribution in [0.1, 0.15) is 45.6 Å². The summed E-state index contributed by atoms with van der Waals surface area (Å²) in [6, 6.07) is 7.43. The van der Waals surface area contributed by atoms with Crippen LogP contribution in [0.25, 0.3) is 33.0 Å². The van der Waals surface area contributed by atoms with Crippen molar-refractivity contribution in [2.75, 3.05) is 31.6 Å². The number of ether oxygens (including phenoxy) is 1. The average molecular weight is 565 g/mol. The Hall–Kier alpha value is -3.79. The fraction of sp³-hybridized carbons (Fsp3) is 0.452. The van der Waals surface area contributed by atoms with Crippen molar-refractivity contribution in [2.24, 2.45) is 5.41 Å². The second-order valence-corrected chi connectivity index (χ2v) is 12.5. The Labute approximate surface area is 236 Å². The first-order valence-electron chi connectivity index (χ1n) is 14.0. The van der Waals surface area contributed by atoms with Crippen LogP contribution in [0.5, 0.6) is 11.8 Å². The van der Waals surface area contributed by atoms with E-state index in [9.17, 15) is 14.3 Å². The number of fused-ring (bicyclic) bond motifs is 3. The Balaban J connectivity index is 1.50. The summed E-state index contributed by atoms with van der Waals surface area (Å²) in [5, 5.41) is 14.5. The minimum absolute atomic E-state index is 0.0593. The smallest absolute Gasteiger partial charge is 0.349 e. The fourth-order valence-corrected chi connectivity index (χ4v) is 6.22. The molecular formula is C31H34F2N4O4. The lowest BCUT2D eigenvalue weighted by atomic mass is 9.95. The van der Waals surface area contributed by atoms with Crippen LogP contribution >= 0.6 is 0 Å². The largest absolute Gasteiger partial charge is 0.508 e. The summed E-state index contributed by atoms with van der Waals surface area (Å²) in [5.74, 6) is -0.244. The molecule has 0 amide bonds. The molecule has 2 aromatic heterocycles. The molecule has 8 nitrogen and oxygen atoms in total. The predicted molar refractivity (Wildman–Crippen MR) is 154 cm³/mol. The van der Waals surface area contributed by atoms with Crippen molar-refractivity contribution in [3.8, 4) is 23.1 Å². The lowest BCUT2D eigenvalue weighted by molar-refractivity contribution is 0.107. The third-order valence-electron chi connectivity index (χ3n) is 8.16. The van der Waals surface area contributed by atoms with Crippen LogP contribution in [0, 0.1) is 18.2 Å². The molecule has 41 heavy (non-hydrogen) atoms. The number of anilines is 1. The molecule has 0 unspecified atom stereocenters. The van der Waals surface area contributed by atoms with Gasteiger partial charge in [0.15, 0.2) is 0 Å². The molecule has 2 aromatic carbocycles. The maximum absolute atomic E-state index is 15.0. The van der Waals surface area contributed by atoms with Crippen molar-refractivity contribution in [3.63, 3.8) is 0 Å². The first kappa shape index (κ1) is 27.4. The second kappa shape index (κ2) is 9.94. The lowest BCUT2D eigenvalue weighted by Crippen LogP contribution is -2.43.